The molecule has 0 bridgehead atoms. The zero-order chi connectivity index (χ0) is 7.56. The standard InChI is InChI=1S/C8H8O2.Na/c1-6-2-4-7(5-3-6)8(9)10;/h2-5H,1H3,(H,9,10);/q;+1/p-1. The fraction of sp³-hybridized carbons (Fsp3) is 0.125. The molecule has 0 aromatic heterocycles. The number of aryl methyl sites for hydroxylation is 1. The van der Waals surface area contributed by atoms with Crippen LogP contribution in [-0.2, 0) is 0 Å². The van der Waals surface area contributed by atoms with Gasteiger partial charge in [0.2, 0.25) is 0 Å². The van der Waals surface area contributed by atoms with Gasteiger partial charge in [0.15, 0.2) is 0 Å². The zero-order valence-corrected chi connectivity index (χ0v) is 8.63. The van der Waals surface area contributed by atoms with Crippen LogP contribution in [-0.4, -0.2) is 5.97 Å². The zero-order valence-electron chi connectivity index (χ0n) is 6.63. The van der Waals surface area contributed by atoms with Crippen LogP contribution >= 0.6 is 0 Å². The molecule has 0 saturated carbocycles. The Hall–Kier alpha value is -0.310. The number of carbonyl (C=O) groups is 1. The summed E-state index contributed by atoms with van der Waals surface area (Å²) in [4.78, 5) is 10.2. The van der Waals surface area contributed by atoms with Crippen molar-refractivity contribution >= 4 is 5.97 Å². The van der Waals surface area contributed by atoms with Crippen molar-refractivity contribution < 1.29 is 39.5 Å². The number of aromatic carboxylic acids is 1. The van der Waals surface area contributed by atoms with Crippen LogP contribution < -0.4 is 34.7 Å². The van der Waals surface area contributed by atoms with Crippen molar-refractivity contribution in [3.05, 3.63) is 35.4 Å². The number of carbonyl (C=O) groups excluding carboxylic acids is 1. The smallest absolute Gasteiger partial charge is 0.545 e. The summed E-state index contributed by atoms with van der Waals surface area (Å²) in [5.41, 5.74) is 1.27. The second-order valence-corrected chi connectivity index (χ2v) is 2.15. The van der Waals surface area contributed by atoms with Crippen LogP contribution in [0.3, 0.4) is 0 Å². The van der Waals surface area contributed by atoms with E-state index in [-0.39, 0.29) is 35.1 Å². The van der Waals surface area contributed by atoms with Crippen LogP contribution in [0, 0.1) is 6.92 Å². The molecular weight excluding hydrogens is 151 g/mol. The van der Waals surface area contributed by atoms with Gasteiger partial charge in [0.1, 0.15) is 0 Å². The normalized spacial score (nSPS) is 8.45. The first-order valence-electron chi connectivity index (χ1n) is 2.98. The second kappa shape index (κ2) is 4.54. The second-order valence-electron chi connectivity index (χ2n) is 2.15. The Morgan fingerprint density at radius 1 is 1.27 bits per heavy atom. The minimum absolute atomic E-state index is 0. The molecule has 0 fully saturated rings. The summed E-state index contributed by atoms with van der Waals surface area (Å²) in [6.45, 7) is 1.90. The third-order valence-electron chi connectivity index (χ3n) is 1.29. The van der Waals surface area contributed by atoms with Gasteiger partial charge in [0.05, 0.1) is 5.97 Å². The van der Waals surface area contributed by atoms with Gasteiger partial charge >= 0.3 is 29.6 Å². The maximum absolute atomic E-state index is 10.2. The molecule has 3 heteroatoms. The monoisotopic (exact) mass is 158 g/mol. The molecule has 0 amide bonds. The third kappa shape index (κ3) is 3.06. The van der Waals surface area contributed by atoms with E-state index < -0.39 is 5.97 Å². The van der Waals surface area contributed by atoms with E-state index >= 15 is 0 Å². The number of hydrogen-bond acceptors (Lipinski definition) is 2. The van der Waals surface area contributed by atoms with Crippen LogP contribution in [0.2, 0.25) is 0 Å². The van der Waals surface area contributed by atoms with E-state index in [4.69, 9.17) is 0 Å². The van der Waals surface area contributed by atoms with Gasteiger partial charge < -0.3 is 9.90 Å². The SMILES string of the molecule is Cc1ccc(C(=O)[O-])cc1.[Na+]. The van der Waals surface area contributed by atoms with Crippen molar-refractivity contribution in [2.45, 2.75) is 6.92 Å². The van der Waals surface area contributed by atoms with Crippen LogP contribution in [0.1, 0.15) is 15.9 Å². The molecule has 52 valence electrons. The summed E-state index contributed by atoms with van der Waals surface area (Å²) in [6, 6.07) is 6.55. The molecule has 0 aliphatic heterocycles. The van der Waals surface area contributed by atoms with Crippen LogP contribution in [0.5, 0.6) is 0 Å². The Morgan fingerprint density at radius 2 is 1.73 bits per heavy atom. The summed E-state index contributed by atoms with van der Waals surface area (Å²) >= 11 is 0. The van der Waals surface area contributed by atoms with E-state index in [1.807, 2.05) is 6.92 Å². The number of carboxylic acid groups (broad SMARTS) is 1. The quantitative estimate of drug-likeness (QED) is 0.419. The van der Waals surface area contributed by atoms with Gasteiger partial charge in [-0.25, -0.2) is 0 Å². The Labute approximate surface area is 87.5 Å². The molecule has 1 aromatic rings. The molecule has 0 aliphatic rings. The van der Waals surface area contributed by atoms with Crippen molar-refractivity contribution in [1.82, 2.24) is 0 Å². The minimum atomic E-state index is -1.12. The summed E-state index contributed by atoms with van der Waals surface area (Å²) in [5.74, 6) is -1.12. The molecule has 0 spiro atoms. The minimum Gasteiger partial charge on any atom is -0.545 e. The van der Waals surface area contributed by atoms with Crippen molar-refractivity contribution in [3.63, 3.8) is 0 Å². The fourth-order valence-electron chi connectivity index (χ4n) is 0.690. The average molecular weight is 158 g/mol. The van der Waals surface area contributed by atoms with E-state index in [1.165, 1.54) is 12.1 Å². The van der Waals surface area contributed by atoms with Crippen LogP contribution in [0.15, 0.2) is 24.3 Å². The molecule has 0 heterocycles. The number of hydrogen-bond donors (Lipinski definition) is 0. The number of carboxylic acids is 1. The summed E-state index contributed by atoms with van der Waals surface area (Å²) in [7, 11) is 0. The van der Waals surface area contributed by atoms with E-state index in [1.54, 1.807) is 12.1 Å². The van der Waals surface area contributed by atoms with Crippen molar-refractivity contribution in [3.8, 4) is 0 Å². The first kappa shape index (κ1) is 10.7. The first-order chi connectivity index (χ1) is 4.70. The molecule has 2 nitrogen and oxygen atoms in total. The van der Waals surface area contributed by atoms with Gasteiger partial charge in [-0.2, -0.15) is 0 Å². The predicted molar refractivity (Wildman–Crippen MR) is 35.5 cm³/mol. The van der Waals surface area contributed by atoms with Gasteiger partial charge in [-0.15, -0.1) is 0 Å². The Kier molecular flexibility index (Phi) is 4.42. The summed E-state index contributed by atoms with van der Waals surface area (Å²) < 4.78 is 0. The third-order valence-corrected chi connectivity index (χ3v) is 1.29. The summed E-state index contributed by atoms with van der Waals surface area (Å²) in [5, 5.41) is 10.2. The molecule has 0 unspecified atom stereocenters. The van der Waals surface area contributed by atoms with E-state index in [9.17, 15) is 9.90 Å². The predicted octanol–water partition coefficient (Wildman–Crippen LogP) is -2.64. The topological polar surface area (TPSA) is 40.1 Å². The van der Waals surface area contributed by atoms with Crippen LogP contribution in [0.4, 0.5) is 0 Å². The van der Waals surface area contributed by atoms with E-state index in [0.29, 0.717) is 0 Å². The molecule has 0 radical (unpaired) electrons. The van der Waals surface area contributed by atoms with Crippen LogP contribution in [0.25, 0.3) is 0 Å². The molecule has 0 N–H and O–H groups in total. The molecule has 11 heavy (non-hydrogen) atoms. The molecule has 0 aliphatic carbocycles. The number of rotatable bonds is 1. The Morgan fingerprint density at radius 3 is 2.09 bits per heavy atom. The Balaban J connectivity index is 0.000001000. The molecule has 0 atom stereocenters. The first-order valence-corrected chi connectivity index (χ1v) is 2.98. The fourth-order valence-corrected chi connectivity index (χ4v) is 0.690. The van der Waals surface area contributed by atoms with E-state index in [2.05, 4.69) is 0 Å². The molecule has 0 saturated heterocycles. The van der Waals surface area contributed by atoms with Gasteiger partial charge in [0, 0.05) is 0 Å². The van der Waals surface area contributed by atoms with Gasteiger partial charge in [-0.1, -0.05) is 29.8 Å². The Bertz CT molecular complexity index is 241. The van der Waals surface area contributed by atoms with Gasteiger partial charge in [-0.3, -0.25) is 0 Å². The van der Waals surface area contributed by atoms with E-state index in [0.717, 1.165) is 5.56 Å². The van der Waals surface area contributed by atoms with Gasteiger partial charge in [-0.05, 0) is 12.5 Å². The van der Waals surface area contributed by atoms with Crippen molar-refractivity contribution in [2.24, 2.45) is 0 Å². The number of benzene rings is 1. The average Bonchev–Trinajstić information content (AvgIpc) is 1.88. The van der Waals surface area contributed by atoms with Crippen molar-refractivity contribution in [1.29, 1.82) is 0 Å². The van der Waals surface area contributed by atoms with Crippen molar-refractivity contribution in [2.75, 3.05) is 0 Å². The molecule has 1 aromatic carbocycles. The summed E-state index contributed by atoms with van der Waals surface area (Å²) in [6.07, 6.45) is 0. The van der Waals surface area contributed by atoms with Gasteiger partial charge in [0.25, 0.3) is 0 Å². The maximum Gasteiger partial charge on any atom is 1.00 e. The molecule has 1 rings (SSSR count). The largest absolute Gasteiger partial charge is 1.00 e. The maximum atomic E-state index is 10.2. The molecular formula is C8H7NaO2.